The average Bonchev–Trinajstić information content (AvgIpc) is 3.16. The lowest BCUT2D eigenvalue weighted by molar-refractivity contribution is -0.384. The van der Waals surface area contributed by atoms with Crippen LogP contribution in [0.5, 0.6) is 0 Å². The molecule has 1 amide bonds. The van der Waals surface area contributed by atoms with Crippen molar-refractivity contribution in [3.8, 4) is 11.4 Å². The van der Waals surface area contributed by atoms with Gasteiger partial charge in [0.1, 0.15) is 5.69 Å². The number of hydrogen-bond donors (Lipinski definition) is 2. The largest absolute Gasteiger partial charge is 0.347 e. The normalized spacial score (nSPS) is 10.5. The number of aromatic amines is 1. The maximum atomic E-state index is 12.1. The fourth-order valence-corrected chi connectivity index (χ4v) is 2.08. The van der Waals surface area contributed by atoms with E-state index in [-0.39, 0.29) is 17.5 Å². The Labute approximate surface area is 130 Å². The Bertz CT molecular complexity index is 882. The summed E-state index contributed by atoms with van der Waals surface area (Å²) in [4.78, 5) is 26.5. The number of nitrogens with zero attached hydrogens (tertiary/aromatic N) is 4. The zero-order chi connectivity index (χ0) is 16.4. The number of H-pyrrole nitrogens is 1. The number of hydrogen-bond acceptors (Lipinski definition) is 5. The molecule has 0 aliphatic rings. The number of aromatic nitrogens is 4. The van der Waals surface area contributed by atoms with E-state index in [2.05, 4.69) is 20.5 Å². The number of amides is 1. The van der Waals surface area contributed by atoms with Gasteiger partial charge in [-0.1, -0.05) is 12.1 Å². The minimum Gasteiger partial charge on any atom is -0.347 e. The Morgan fingerprint density at radius 3 is 2.87 bits per heavy atom. The summed E-state index contributed by atoms with van der Waals surface area (Å²) in [5, 5.41) is 19.9. The lowest BCUT2D eigenvalue weighted by Gasteiger charge is -2.01. The van der Waals surface area contributed by atoms with Gasteiger partial charge >= 0.3 is 0 Å². The van der Waals surface area contributed by atoms with Gasteiger partial charge in [-0.25, -0.2) is 0 Å². The van der Waals surface area contributed by atoms with Crippen molar-refractivity contribution in [3.05, 3.63) is 58.4 Å². The zero-order valence-corrected chi connectivity index (χ0v) is 12.1. The summed E-state index contributed by atoms with van der Waals surface area (Å²) in [5.41, 5.74) is 0.922. The van der Waals surface area contributed by atoms with Crippen LogP contribution in [0.4, 0.5) is 11.6 Å². The van der Waals surface area contributed by atoms with Crippen LogP contribution < -0.4 is 5.32 Å². The molecule has 2 heterocycles. The van der Waals surface area contributed by atoms with Crippen molar-refractivity contribution >= 4 is 17.5 Å². The molecule has 2 N–H and O–H groups in total. The number of nitrogens with one attached hydrogen (secondary N) is 2. The van der Waals surface area contributed by atoms with Gasteiger partial charge in [-0.05, 0) is 12.1 Å². The third-order valence-corrected chi connectivity index (χ3v) is 3.22. The molecule has 0 unspecified atom stereocenters. The van der Waals surface area contributed by atoms with E-state index in [1.54, 1.807) is 42.1 Å². The minimum absolute atomic E-state index is 0.0479. The Morgan fingerprint density at radius 2 is 2.17 bits per heavy atom. The highest BCUT2D eigenvalue weighted by Crippen LogP contribution is 2.21. The summed E-state index contributed by atoms with van der Waals surface area (Å²) in [6, 6.07) is 9.40. The van der Waals surface area contributed by atoms with Gasteiger partial charge in [0, 0.05) is 30.9 Å². The first-order chi connectivity index (χ1) is 11.0. The van der Waals surface area contributed by atoms with Crippen LogP contribution in [-0.2, 0) is 7.05 Å². The number of rotatable bonds is 4. The Kier molecular flexibility index (Phi) is 3.59. The number of carbonyl (C=O) groups excluding carboxylic acids is 1. The molecule has 0 bridgehead atoms. The molecular weight excluding hydrogens is 300 g/mol. The summed E-state index contributed by atoms with van der Waals surface area (Å²) in [7, 11) is 1.75. The molecule has 0 spiro atoms. The van der Waals surface area contributed by atoms with Crippen LogP contribution in [0, 0.1) is 10.1 Å². The molecule has 23 heavy (non-hydrogen) atoms. The second-order valence-corrected chi connectivity index (χ2v) is 4.77. The topological polar surface area (TPSA) is 119 Å². The predicted molar refractivity (Wildman–Crippen MR) is 81.8 cm³/mol. The van der Waals surface area contributed by atoms with Crippen molar-refractivity contribution in [2.45, 2.75) is 0 Å². The van der Waals surface area contributed by atoms with E-state index < -0.39 is 4.92 Å². The molecule has 0 atom stereocenters. The third-order valence-electron chi connectivity index (χ3n) is 3.22. The molecule has 3 aromatic rings. The van der Waals surface area contributed by atoms with Crippen molar-refractivity contribution < 1.29 is 9.72 Å². The standard InChI is InChI=1S/C14H12N6O3/c1-19-7-3-6-11(19)13(21)16-14-15-12(17-18-14)9-4-2-5-10(8-9)20(22)23/h2-8H,1H3,(H2,15,16,17,18,21). The molecule has 9 nitrogen and oxygen atoms in total. The average molecular weight is 312 g/mol. The monoisotopic (exact) mass is 312 g/mol. The smallest absolute Gasteiger partial charge is 0.274 e. The van der Waals surface area contributed by atoms with E-state index in [9.17, 15) is 14.9 Å². The van der Waals surface area contributed by atoms with Crippen molar-refractivity contribution in [1.82, 2.24) is 19.7 Å². The van der Waals surface area contributed by atoms with Crippen LogP contribution in [0.3, 0.4) is 0 Å². The molecule has 0 aliphatic heterocycles. The van der Waals surface area contributed by atoms with E-state index in [1.807, 2.05) is 0 Å². The molecule has 9 heteroatoms. The molecule has 116 valence electrons. The Morgan fingerprint density at radius 1 is 1.35 bits per heavy atom. The Balaban J connectivity index is 1.81. The second kappa shape index (κ2) is 5.72. The highest BCUT2D eigenvalue weighted by molar-refractivity contribution is 6.02. The number of non-ortho nitro benzene ring substituents is 1. The lowest BCUT2D eigenvalue weighted by atomic mass is 10.2. The van der Waals surface area contributed by atoms with Crippen molar-refractivity contribution in [2.24, 2.45) is 7.05 Å². The highest BCUT2D eigenvalue weighted by atomic mass is 16.6. The van der Waals surface area contributed by atoms with E-state index in [1.165, 1.54) is 12.1 Å². The van der Waals surface area contributed by atoms with Crippen LogP contribution in [0.25, 0.3) is 11.4 Å². The van der Waals surface area contributed by atoms with Crippen LogP contribution in [0.1, 0.15) is 10.5 Å². The van der Waals surface area contributed by atoms with E-state index in [4.69, 9.17) is 0 Å². The molecule has 0 saturated carbocycles. The molecule has 0 radical (unpaired) electrons. The zero-order valence-electron chi connectivity index (χ0n) is 12.1. The first-order valence-electron chi connectivity index (χ1n) is 6.64. The summed E-state index contributed by atoms with van der Waals surface area (Å²) >= 11 is 0. The summed E-state index contributed by atoms with van der Waals surface area (Å²) in [6.07, 6.45) is 1.75. The second-order valence-electron chi connectivity index (χ2n) is 4.77. The molecule has 2 aromatic heterocycles. The number of carbonyl (C=O) groups is 1. The van der Waals surface area contributed by atoms with Crippen LogP contribution >= 0.6 is 0 Å². The van der Waals surface area contributed by atoms with Gasteiger partial charge in [-0.3, -0.25) is 25.3 Å². The number of anilines is 1. The highest BCUT2D eigenvalue weighted by Gasteiger charge is 2.14. The molecule has 1 aromatic carbocycles. The molecule has 3 rings (SSSR count). The van der Waals surface area contributed by atoms with Gasteiger partial charge in [-0.15, -0.1) is 5.10 Å². The van der Waals surface area contributed by atoms with E-state index in [0.29, 0.717) is 17.1 Å². The Hall–Kier alpha value is -3.49. The van der Waals surface area contributed by atoms with Gasteiger partial charge < -0.3 is 4.57 Å². The first kappa shape index (κ1) is 14.4. The fourth-order valence-electron chi connectivity index (χ4n) is 2.08. The molecule has 0 saturated heterocycles. The van der Waals surface area contributed by atoms with Crippen LogP contribution in [0.15, 0.2) is 42.6 Å². The van der Waals surface area contributed by atoms with Crippen molar-refractivity contribution in [2.75, 3.05) is 5.32 Å². The molecule has 0 aliphatic carbocycles. The fraction of sp³-hybridized carbons (Fsp3) is 0.0714. The summed E-state index contributed by atoms with van der Waals surface area (Å²) in [5.74, 6) is 0.0793. The quantitative estimate of drug-likeness (QED) is 0.564. The third kappa shape index (κ3) is 2.93. The first-order valence-corrected chi connectivity index (χ1v) is 6.64. The predicted octanol–water partition coefficient (Wildman–Crippen LogP) is 1.97. The number of nitro benzene ring substituents is 1. The van der Waals surface area contributed by atoms with Gasteiger partial charge in [0.25, 0.3) is 11.6 Å². The van der Waals surface area contributed by atoms with E-state index >= 15 is 0 Å². The SMILES string of the molecule is Cn1cccc1C(=O)Nc1n[nH]c(-c2cccc([N+](=O)[O-])c2)n1. The van der Waals surface area contributed by atoms with Crippen molar-refractivity contribution in [1.29, 1.82) is 0 Å². The van der Waals surface area contributed by atoms with Gasteiger partial charge in [-0.2, -0.15) is 4.98 Å². The number of nitro groups is 1. The van der Waals surface area contributed by atoms with Crippen LogP contribution in [0.2, 0.25) is 0 Å². The van der Waals surface area contributed by atoms with Gasteiger partial charge in [0.05, 0.1) is 4.92 Å². The maximum Gasteiger partial charge on any atom is 0.274 e. The number of aryl methyl sites for hydroxylation is 1. The number of benzene rings is 1. The van der Waals surface area contributed by atoms with Gasteiger partial charge in [0.15, 0.2) is 5.82 Å². The molecular formula is C14H12N6O3. The lowest BCUT2D eigenvalue weighted by Crippen LogP contribution is -2.16. The molecule has 0 fully saturated rings. The maximum absolute atomic E-state index is 12.1. The van der Waals surface area contributed by atoms with Crippen molar-refractivity contribution in [3.63, 3.8) is 0 Å². The van der Waals surface area contributed by atoms with Gasteiger partial charge in [0.2, 0.25) is 5.95 Å². The summed E-state index contributed by atoms with van der Waals surface area (Å²) < 4.78 is 1.67. The minimum atomic E-state index is -0.488. The summed E-state index contributed by atoms with van der Waals surface area (Å²) in [6.45, 7) is 0. The van der Waals surface area contributed by atoms with E-state index in [0.717, 1.165) is 0 Å². The van der Waals surface area contributed by atoms with Crippen LogP contribution in [-0.4, -0.2) is 30.6 Å².